The third kappa shape index (κ3) is 2.19. The average Bonchev–Trinajstić information content (AvgIpc) is 2.76. The summed E-state index contributed by atoms with van der Waals surface area (Å²) >= 11 is 0. The Morgan fingerprint density at radius 2 is 2.24 bits per heavy atom. The second-order valence-corrected chi connectivity index (χ2v) is 4.32. The maximum Gasteiger partial charge on any atom is 0.256 e. The molecule has 0 saturated carbocycles. The summed E-state index contributed by atoms with van der Waals surface area (Å²) in [6.07, 6.45) is 1.77. The fourth-order valence-electron chi connectivity index (χ4n) is 2.22. The Morgan fingerprint density at radius 3 is 2.88 bits per heavy atom. The smallest absolute Gasteiger partial charge is 0.256 e. The molecule has 0 aromatic heterocycles. The number of nitrogens with two attached hydrogens (primary N) is 2. The minimum Gasteiger partial charge on any atom is -0.399 e. The van der Waals surface area contributed by atoms with Gasteiger partial charge in [0.05, 0.1) is 18.2 Å². The molecule has 17 heavy (non-hydrogen) atoms. The van der Waals surface area contributed by atoms with Gasteiger partial charge in [-0.1, -0.05) is 0 Å². The highest BCUT2D eigenvalue weighted by Gasteiger charge is 2.29. The van der Waals surface area contributed by atoms with E-state index in [2.05, 4.69) is 0 Å². The molecule has 1 atom stereocenters. The van der Waals surface area contributed by atoms with Crippen molar-refractivity contribution in [1.29, 1.82) is 0 Å². The van der Waals surface area contributed by atoms with Crippen molar-refractivity contribution >= 4 is 17.3 Å². The highest BCUT2D eigenvalue weighted by molar-refractivity contribution is 6.00. The topological polar surface area (TPSA) is 92.6 Å². The van der Waals surface area contributed by atoms with Gasteiger partial charge in [0.2, 0.25) is 0 Å². The minimum absolute atomic E-state index is 0.000612. The molecule has 1 fully saturated rings. The van der Waals surface area contributed by atoms with Crippen LogP contribution in [0, 0.1) is 0 Å². The summed E-state index contributed by atoms with van der Waals surface area (Å²) in [5, 5.41) is 9.20. The van der Waals surface area contributed by atoms with Crippen LogP contribution in [0.4, 0.5) is 11.4 Å². The summed E-state index contributed by atoms with van der Waals surface area (Å²) < 4.78 is 0. The zero-order valence-corrected chi connectivity index (χ0v) is 9.60. The van der Waals surface area contributed by atoms with E-state index in [9.17, 15) is 9.90 Å². The first-order valence-electron chi connectivity index (χ1n) is 5.70. The molecule has 92 valence electrons. The molecular formula is C12H17N3O2. The molecular weight excluding hydrogens is 218 g/mol. The SMILES string of the molecule is Nc1ccc(C(=O)N2CCC[C@@H]2CO)c(N)c1. The highest BCUT2D eigenvalue weighted by Crippen LogP contribution is 2.23. The lowest BCUT2D eigenvalue weighted by molar-refractivity contribution is 0.0678. The quantitative estimate of drug-likeness (QED) is 0.649. The molecule has 1 aromatic rings. The summed E-state index contributed by atoms with van der Waals surface area (Å²) in [5.41, 5.74) is 12.8. The van der Waals surface area contributed by atoms with E-state index in [4.69, 9.17) is 11.5 Å². The van der Waals surface area contributed by atoms with Gasteiger partial charge in [0, 0.05) is 17.9 Å². The van der Waals surface area contributed by atoms with Crippen molar-refractivity contribution in [1.82, 2.24) is 4.90 Å². The largest absolute Gasteiger partial charge is 0.399 e. The number of amides is 1. The first-order chi connectivity index (χ1) is 8.13. The number of carbonyl (C=O) groups is 1. The minimum atomic E-state index is -0.126. The molecule has 1 aliphatic heterocycles. The number of carbonyl (C=O) groups excluding carboxylic acids is 1. The fraction of sp³-hybridized carbons (Fsp3) is 0.417. The van der Waals surface area contributed by atoms with Gasteiger partial charge in [-0.25, -0.2) is 0 Å². The summed E-state index contributed by atoms with van der Waals surface area (Å²) in [6, 6.07) is 4.80. The van der Waals surface area contributed by atoms with Gasteiger partial charge in [0.1, 0.15) is 0 Å². The van der Waals surface area contributed by atoms with Crippen LogP contribution in [0.2, 0.25) is 0 Å². The molecule has 2 rings (SSSR count). The molecule has 1 aromatic carbocycles. The van der Waals surface area contributed by atoms with Crippen LogP contribution in [0.5, 0.6) is 0 Å². The van der Waals surface area contributed by atoms with Gasteiger partial charge in [-0.3, -0.25) is 4.79 Å². The Labute approximate surface area is 100 Å². The Balaban J connectivity index is 2.24. The summed E-state index contributed by atoms with van der Waals surface area (Å²) in [6.45, 7) is 0.675. The van der Waals surface area contributed by atoms with Crippen molar-refractivity contribution in [2.45, 2.75) is 18.9 Å². The molecule has 0 radical (unpaired) electrons. The number of aliphatic hydroxyl groups excluding tert-OH is 1. The lowest BCUT2D eigenvalue weighted by atomic mass is 10.1. The van der Waals surface area contributed by atoms with E-state index in [1.165, 1.54) is 0 Å². The summed E-state index contributed by atoms with van der Waals surface area (Å²) in [4.78, 5) is 13.9. The van der Waals surface area contributed by atoms with E-state index in [-0.39, 0.29) is 18.6 Å². The predicted octanol–water partition coefficient (Wildman–Crippen LogP) is 0.448. The maximum atomic E-state index is 12.2. The van der Waals surface area contributed by atoms with E-state index in [1.807, 2.05) is 0 Å². The normalized spacial score (nSPS) is 19.6. The molecule has 1 amide bonds. The number of likely N-dealkylation sites (tertiary alicyclic amines) is 1. The number of rotatable bonds is 2. The first kappa shape index (κ1) is 11.7. The number of hydrogen-bond acceptors (Lipinski definition) is 4. The van der Waals surface area contributed by atoms with Gasteiger partial charge in [-0.05, 0) is 31.0 Å². The van der Waals surface area contributed by atoms with Crippen LogP contribution in [0.15, 0.2) is 18.2 Å². The van der Waals surface area contributed by atoms with Crippen LogP contribution in [0.1, 0.15) is 23.2 Å². The van der Waals surface area contributed by atoms with E-state index in [0.717, 1.165) is 12.8 Å². The zero-order valence-electron chi connectivity index (χ0n) is 9.60. The van der Waals surface area contributed by atoms with Crippen LogP contribution in [0.3, 0.4) is 0 Å². The zero-order chi connectivity index (χ0) is 12.4. The van der Waals surface area contributed by atoms with Crippen molar-refractivity contribution < 1.29 is 9.90 Å². The second kappa shape index (κ2) is 4.63. The van der Waals surface area contributed by atoms with E-state index < -0.39 is 0 Å². The highest BCUT2D eigenvalue weighted by atomic mass is 16.3. The molecule has 0 unspecified atom stereocenters. The lowest BCUT2D eigenvalue weighted by Gasteiger charge is -2.23. The van der Waals surface area contributed by atoms with E-state index in [0.29, 0.717) is 23.5 Å². The van der Waals surface area contributed by atoms with Crippen molar-refractivity contribution in [2.24, 2.45) is 0 Å². The Kier molecular flexibility index (Phi) is 3.19. The third-order valence-corrected chi connectivity index (χ3v) is 3.15. The van der Waals surface area contributed by atoms with Gasteiger partial charge >= 0.3 is 0 Å². The molecule has 5 N–H and O–H groups in total. The molecule has 5 heteroatoms. The molecule has 5 nitrogen and oxygen atoms in total. The molecule has 0 bridgehead atoms. The van der Waals surface area contributed by atoms with Crippen LogP contribution in [-0.2, 0) is 0 Å². The second-order valence-electron chi connectivity index (χ2n) is 4.32. The number of aliphatic hydroxyl groups is 1. The summed E-state index contributed by atoms with van der Waals surface area (Å²) in [5.74, 6) is -0.126. The molecule has 0 aliphatic carbocycles. The van der Waals surface area contributed by atoms with Crippen molar-refractivity contribution in [3.8, 4) is 0 Å². The van der Waals surface area contributed by atoms with Crippen molar-refractivity contribution in [2.75, 3.05) is 24.6 Å². The van der Waals surface area contributed by atoms with Gasteiger partial charge < -0.3 is 21.5 Å². The van der Waals surface area contributed by atoms with Gasteiger partial charge in [0.15, 0.2) is 0 Å². The summed E-state index contributed by atoms with van der Waals surface area (Å²) in [7, 11) is 0. The Hall–Kier alpha value is -1.75. The number of benzene rings is 1. The van der Waals surface area contributed by atoms with Crippen LogP contribution < -0.4 is 11.5 Å². The molecule has 0 spiro atoms. The van der Waals surface area contributed by atoms with Crippen molar-refractivity contribution in [3.63, 3.8) is 0 Å². The number of anilines is 2. The predicted molar refractivity (Wildman–Crippen MR) is 66.4 cm³/mol. The number of hydrogen-bond donors (Lipinski definition) is 3. The van der Waals surface area contributed by atoms with Crippen molar-refractivity contribution in [3.05, 3.63) is 23.8 Å². The number of nitrogens with zero attached hydrogens (tertiary/aromatic N) is 1. The molecule has 1 aliphatic rings. The Morgan fingerprint density at radius 1 is 1.47 bits per heavy atom. The van der Waals surface area contributed by atoms with Crippen LogP contribution in [0.25, 0.3) is 0 Å². The fourth-order valence-corrected chi connectivity index (χ4v) is 2.22. The van der Waals surface area contributed by atoms with Crippen LogP contribution >= 0.6 is 0 Å². The number of nitrogen functional groups attached to an aromatic ring is 2. The van der Waals surface area contributed by atoms with Gasteiger partial charge in [0.25, 0.3) is 5.91 Å². The lowest BCUT2D eigenvalue weighted by Crippen LogP contribution is -2.37. The van der Waals surface area contributed by atoms with Crippen LogP contribution in [-0.4, -0.2) is 35.1 Å². The monoisotopic (exact) mass is 235 g/mol. The third-order valence-electron chi connectivity index (χ3n) is 3.15. The van der Waals surface area contributed by atoms with E-state index >= 15 is 0 Å². The molecule has 1 heterocycles. The standard InChI is InChI=1S/C12H17N3O2/c13-8-3-4-10(11(14)6-8)12(17)15-5-1-2-9(15)7-16/h3-4,6,9,16H,1-2,5,7,13-14H2/t9-/m1/s1. The first-order valence-corrected chi connectivity index (χ1v) is 5.70. The van der Waals surface area contributed by atoms with E-state index in [1.54, 1.807) is 23.1 Å². The molecule has 1 saturated heterocycles. The maximum absolute atomic E-state index is 12.2. The average molecular weight is 235 g/mol. The Bertz CT molecular complexity index is 434. The van der Waals surface area contributed by atoms with Gasteiger partial charge in [-0.15, -0.1) is 0 Å². The van der Waals surface area contributed by atoms with Gasteiger partial charge in [-0.2, -0.15) is 0 Å².